The number of rotatable bonds is 10. The minimum absolute atomic E-state index is 0.000381. The van der Waals surface area contributed by atoms with Crippen LogP contribution in [0.25, 0.3) is 0 Å². The number of aryl methyl sites for hydroxylation is 2. The van der Waals surface area contributed by atoms with Crippen LogP contribution in [-0.4, -0.2) is 45.3 Å². The van der Waals surface area contributed by atoms with Crippen LogP contribution in [0.5, 0.6) is 0 Å². The predicted octanol–water partition coefficient (Wildman–Crippen LogP) is 4.40. The van der Waals surface area contributed by atoms with E-state index >= 15 is 0 Å². The predicted molar refractivity (Wildman–Crippen MR) is 118 cm³/mol. The summed E-state index contributed by atoms with van der Waals surface area (Å²) in [6.45, 7) is 9.55. The van der Waals surface area contributed by atoms with E-state index in [0.717, 1.165) is 30.5 Å². The van der Waals surface area contributed by atoms with Crippen LogP contribution < -0.4 is 0 Å². The number of unbranched alkanes of at least 4 members (excludes halogenated alkanes) is 1. The molecule has 0 N–H and O–H groups in total. The monoisotopic (exact) mass is 397 g/mol. The Morgan fingerprint density at radius 2 is 1.79 bits per heavy atom. The molecule has 0 unspecified atom stereocenters. The molecule has 0 bridgehead atoms. The average Bonchev–Trinajstić information content (AvgIpc) is 3.13. The largest absolute Gasteiger partial charge is 0.353 e. The van der Waals surface area contributed by atoms with Crippen molar-refractivity contribution in [3.63, 3.8) is 0 Å². The highest BCUT2D eigenvalue weighted by molar-refractivity contribution is 5.96. The molecular formula is C24H35N3O2. The summed E-state index contributed by atoms with van der Waals surface area (Å²) in [4.78, 5) is 30.0. The fourth-order valence-corrected chi connectivity index (χ4v) is 3.25. The molecule has 158 valence electrons. The third kappa shape index (κ3) is 6.21. The maximum atomic E-state index is 13.2. The van der Waals surface area contributed by atoms with Gasteiger partial charge < -0.3 is 14.4 Å². The summed E-state index contributed by atoms with van der Waals surface area (Å²) in [6.07, 6.45) is 4.77. The van der Waals surface area contributed by atoms with Gasteiger partial charge in [-0.15, -0.1) is 0 Å². The van der Waals surface area contributed by atoms with Gasteiger partial charge in [0.15, 0.2) is 0 Å². The normalized spacial score (nSPS) is 11.9. The van der Waals surface area contributed by atoms with E-state index in [1.165, 1.54) is 0 Å². The maximum Gasteiger partial charge on any atom is 0.254 e. The number of carbonyl (C=O) groups excluding carboxylic acids is 2. The van der Waals surface area contributed by atoms with Crippen molar-refractivity contribution in [1.82, 2.24) is 14.4 Å². The molecule has 0 aliphatic rings. The second-order valence-corrected chi connectivity index (χ2v) is 7.84. The molecule has 0 radical (unpaired) electrons. The highest BCUT2D eigenvalue weighted by Crippen LogP contribution is 2.14. The van der Waals surface area contributed by atoms with Crippen molar-refractivity contribution >= 4 is 11.8 Å². The van der Waals surface area contributed by atoms with Gasteiger partial charge in [-0.2, -0.15) is 0 Å². The number of hydrogen-bond acceptors (Lipinski definition) is 2. The molecule has 0 aliphatic carbocycles. The summed E-state index contributed by atoms with van der Waals surface area (Å²) in [5.74, 6) is -0.0811. The van der Waals surface area contributed by atoms with Gasteiger partial charge in [0.2, 0.25) is 5.91 Å². The first-order valence-corrected chi connectivity index (χ1v) is 10.6. The van der Waals surface area contributed by atoms with Gasteiger partial charge in [0.05, 0.1) is 6.54 Å². The molecule has 1 heterocycles. The zero-order valence-corrected chi connectivity index (χ0v) is 18.5. The van der Waals surface area contributed by atoms with Crippen LogP contribution in [0.2, 0.25) is 0 Å². The van der Waals surface area contributed by atoms with Crippen molar-refractivity contribution in [2.75, 3.05) is 13.1 Å². The van der Waals surface area contributed by atoms with Crippen LogP contribution in [0.15, 0.2) is 42.6 Å². The van der Waals surface area contributed by atoms with Gasteiger partial charge in [-0.25, -0.2) is 0 Å². The number of nitrogens with zero attached hydrogens (tertiary/aromatic N) is 3. The number of amides is 2. The molecule has 0 spiro atoms. The topological polar surface area (TPSA) is 45.6 Å². The molecule has 2 aromatic rings. The van der Waals surface area contributed by atoms with Crippen LogP contribution in [0.3, 0.4) is 0 Å². The van der Waals surface area contributed by atoms with Crippen molar-refractivity contribution in [2.24, 2.45) is 7.05 Å². The van der Waals surface area contributed by atoms with E-state index in [0.29, 0.717) is 18.7 Å². The molecule has 29 heavy (non-hydrogen) atoms. The van der Waals surface area contributed by atoms with Crippen molar-refractivity contribution in [1.29, 1.82) is 0 Å². The summed E-state index contributed by atoms with van der Waals surface area (Å²) >= 11 is 0. The Balaban J connectivity index is 2.19. The van der Waals surface area contributed by atoms with Crippen LogP contribution >= 0.6 is 0 Å². The van der Waals surface area contributed by atoms with E-state index in [2.05, 4.69) is 6.92 Å². The van der Waals surface area contributed by atoms with Gasteiger partial charge in [-0.3, -0.25) is 9.59 Å². The highest BCUT2D eigenvalue weighted by atomic mass is 16.2. The molecule has 0 aliphatic heterocycles. The lowest BCUT2D eigenvalue weighted by atomic mass is 10.1. The van der Waals surface area contributed by atoms with E-state index in [1.54, 1.807) is 4.90 Å². The first-order valence-electron chi connectivity index (χ1n) is 10.6. The number of aromatic nitrogens is 1. The van der Waals surface area contributed by atoms with Crippen LogP contribution in [0.4, 0.5) is 0 Å². The van der Waals surface area contributed by atoms with E-state index in [1.807, 2.05) is 79.9 Å². The summed E-state index contributed by atoms with van der Waals surface area (Å²) in [6, 6.07) is 11.6. The second kappa shape index (κ2) is 10.8. The first kappa shape index (κ1) is 22.7. The fraction of sp³-hybridized carbons (Fsp3) is 0.500. The minimum atomic E-state index is -0.0815. The summed E-state index contributed by atoms with van der Waals surface area (Å²) in [5, 5.41) is 0. The van der Waals surface area contributed by atoms with Crippen molar-refractivity contribution in [3.8, 4) is 0 Å². The zero-order valence-electron chi connectivity index (χ0n) is 18.5. The standard InChI is InChI=1S/C24H35N3O2/c1-6-8-16-26(17-22-10-9-15-25(22)5)23(28)18-27(20(4)7-2)24(29)21-13-11-19(3)12-14-21/h9-15,20H,6-8,16-18H2,1-5H3/t20-/m1/s1. The third-order valence-corrected chi connectivity index (χ3v) is 5.53. The first-order chi connectivity index (χ1) is 13.9. The van der Waals surface area contributed by atoms with E-state index in [4.69, 9.17) is 0 Å². The molecule has 1 aromatic carbocycles. The number of hydrogen-bond donors (Lipinski definition) is 0. The Morgan fingerprint density at radius 1 is 1.10 bits per heavy atom. The fourth-order valence-electron chi connectivity index (χ4n) is 3.25. The smallest absolute Gasteiger partial charge is 0.254 e. The lowest BCUT2D eigenvalue weighted by Crippen LogP contribution is -2.46. The number of benzene rings is 1. The lowest BCUT2D eigenvalue weighted by molar-refractivity contribution is -0.133. The molecule has 0 saturated carbocycles. The lowest BCUT2D eigenvalue weighted by Gasteiger charge is -2.31. The Kier molecular flexibility index (Phi) is 8.50. The second-order valence-electron chi connectivity index (χ2n) is 7.84. The molecule has 0 saturated heterocycles. The van der Waals surface area contributed by atoms with E-state index < -0.39 is 0 Å². The molecule has 2 amide bonds. The van der Waals surface area contributed by atoms with Gasteiger partial charge in [-0.05, 0) is 51.0 Å². The molecule has 1 atom stereocenters. The molecule has 2 rings (SSSR count). The van der Waals surface area contributed by atoms with Crippen LogP contribution in [-0.2, 0) is 18.4 Å². The Labute approximate surface area is 175 Å². The quantitative estimate of drug-likeness (QED) is 0.596. The molecular weight excluding hydrogens is 362 g/mol. The highest BCUT2D eigenvalue weighted by Gasteiger charge is 2.25. The minimum Gasteiger partial charge on any atom is -0.353 e. The summed E-state index contributed by atoms with van der Waals surface area (Å²) in [7, 11) is 1.99. The van der Waals surface area contributed by atoms with Crippen molar-refractivity contribution in [3.05, 3.63) is 59.4 Å². The maximum absolute atomic E-state index is 13.2. The van der Waals surface area contributed by atoms with Crippen LogP contribution in [0.1, 0.15) is 61.6 Å². The third-order valence-electron chi connectivity index (χ3n) is 5.53. The molecule has 5 nitrogen and oxygen atoms in total. The van der Waals surface area contributed by atoms with Gasteiger partial charge in [0.1, 0.15) is 6.54 Å². The van der Waals surface area contributed by atoms with E-state index in [9.17, 15) is 9.59 Å². The molecule has 0 fully saturated rings. The summed E-state index contributed by atoms with van der Waals surface area (Å²) < 4.78 is 2.04. The molecule has 5 heteroatoms. The zero-order chi connectivity index (χ0) is 21.4. The van der Waals surface area contributed by atoms with Crippen LogP contribution in [0, 0.1) is 6.92 Å². The average molecular weight is 398 g/mol. The number of carbonyl (C=O) groups is 2. The van der Waals surface area contributed by atoms with Crippen molar-refractivity contribution in [2.45, 2.75) is 59.5 Å². The van der Waals surface area contributed by atoms with Gasteiger partial charge in [0.25, 0.3) is 5.91 Å². The van der Waals surface area contributed by atoms with Gasteiger partial charge >= 0.3 is 0 Å². The van der Waals surface area contributed by atoms with Gasteiger partial charge in [0, 0.05) is 37.1 Å². The Morgan fingerprint density at radius 3 is 2.34 bits per heavy atom. The Hall–Kier alpha value is -2.56. The van der Waals surface area contributed by atoms with Gasteiger partial charge in [-0.1, -0.05) is 38.0 Å². The van der Waals surface area contributed by atoms with E-state index in [-0.39, 0.29) is 24.4 Å². The summed E-state index contributed by atoms with van der Waals surface area (Å²) in [5.41, 5.74) is 2.83. The Bertz CT molecular complexity index is 795. The SMILES string of the molecule is CCCCN(Cc1cccn1C)C(=O)CN(C(=O)c1ccc(C)cc1)[C@H](C)CC. The molecule has 1 aromatic heterocycles. The van der Waals surface area contributed by atoms with Crippen molar-refractivity contribution < 1.29 is 9.59 Å².